The van der Waals surface area contributed by atoms with Crippen LogP contribution in [0.4, 0.5) is 0 Å². The maximum Gasteiger partial charge on any atom is 0.234 e. The molecule has 0 radical (unpaired) electrons. The van der Waals surface area contributed by atoms with Gasteiger partial charge in [-0.3, -0.25) is 14.6 Å². The normalized spacial score (nSPS) is 34.5. The number of carbonyl (C=O) groups is 1. The number of fused-ring (bicyclic) bond motifs is 1. The Balaban J connectivity index is 1.20. The van der Waals surface area contributed by atoms with Crippen molar-refractivity contribution in [3.63, 3.8) is 0 Å². The summed E-state index contributed by atoms with van der Waals surface area (Å²) in [4.78, 5) is 17.4. The summed E-state index contributed by atoms with van der Waals surface area (Å²) in [7, 11) is 3.46. The lowest BCUT2D eigenvalue weighted by atomic mass is 9.89. The van der Waals surface area contributed by atoms with E-state index >= 15 is 0 Å². The van der Waals surface area contributed by atoms with Gasteiger partial charge in [0.2, 0.25) is 5.91 Å². The molecule has 2 aliphatic heterocycles. The third kappa shape index (κ3) is 5.49. The summed E-state index contributed by atoms with van der Waals surface area (Å²) < 4.78 is 22.4. The number of hydrogen-bond acceptors (Lipinski definition) is 7. The molecule has 31 heavy (non-hydrogen) atoms. The molecule has 0 bridgehead atoms. The molecule has 4 rings (SSSR count). The highest BCUT2D eigenvalue weighted by Crippen LogP contribution is 2.37. The molecular weight excluding hydrogens is 398 g/mol. The molecule has 174 valence electrons. The van der Waals surface area contributed by atoms with Crippen molar-refractivity contribution in [2.24, 2.45) is 0 Å². The first-order chi connectivity index (χ1) is 15.0. The summed E-state index contributed by atoms with van der Waals surface area (Å²) >= 11 is 0. The number of rotatable bonds is 7. The van der Waals surface area contributed by atoms with Crippen LogP contribution in [0.25, 0.3) is 0 Å². The number of amides is 1. The van der Waals surface area contributed by atoms with E-state index in [0.29, 0.717) is 13.3 Å². The minimum atomic E-state index is -0.301. The van der Waals surface area contributed by atoms with Crippen molar-refractivity contribution in [1.82, 2.24) is 15.1 Å². The fourth-order valence-corrected chi connectivity index (χ4v) is 5.20. The molecule has 1 amide bonds. The van der Waals surface area contributed by atoms with Gasteiger partial charge in [0.25, 0.3) is 0 Å². The molecule has 4 atom stereocenters. The van der Waals surface area contributed by atoms with Crippen LogP contribution in [0.5, 0.6) is 0 Å². The van der Waals surface area contributed by atoms with Crippen LogP contribution in [0.15, 0.2) is 23.5 Å². The molecule has 0 spiro atoms. The van der Waals surface area contributed by atoms with Crippen LogP contribution in [0.1, 0.15) is 32.6 Å². The number of nitrogens with zero attached hydrogens (tertiary/aromatic N) is 2. The number of piperazine rings is 1. The summed E-state index contributed by atoms with van der Waals surface area (Å²) in [6.07, 6.45) is 8.09. The molecular formula is C23H37N3O5. The van der Waals surface area contributed by atoms with Gasteiger partial charge >= 0.3 is 0 Å². The van der Waals surface area contributed by atoms with Crippen LogP contribution < -0.4 is 5.32 Å². The number of methoxy groups -OCH3 is 2. The molecule has 3 fully saturated rings. The Bertz CT molecular complexity index is 703. The van der Waals surface area contributed by atoms with E-state index in [-0.39, 0.29) is 29.8 Å². The van der Waals surface area contributed by atoms with Crippen LogP contribution in [-0.4, -0.2) is 99.8 Å². The van der Waals surface area contributed by atoms with Gasteiger partial charge < -0.3 is 24.3 Å². The third-order valence-corrected chi connectivity index (χ3v) is 7.13. The van der Waals surface area contributed by atoms with E-state index in [0.717, 1.165) is 64.2 Å². The van der Waals surface area contributed by atoms with Crippen molar-refractivity contribution < 1.29 is 23.7 Å². The van der Waals surface area contributed by atoms with Gasteiger partial charge in [-0.15, -0.1) is 0 Å². The van der Waals surface area contributed by atoms with Crippen LogP contribution in [0.2, 0.25) is 0 Å². The third-order valence-electron chi connectivity index (χ3n) is 7.13. The number of allylic oxidation sites excluding steroid dienone is 2. The number of nitrogens with one attached hydrogen (secondary N) is 1. The first-order valence-electron chi connectivity index (χ1n) is 11.5. The van der Waals surface area contributed by atoms with E-state index in [1.54, 1.807) is 14.2 Å². The van der Waals surface area contributed by atoms with Gasteiger partial charge in [-0.2, -0.15) is 0 Å². The zero-order chi connectivity index (χ0) is 21.8. The number of ether oxygens (including phenoxy) is 4. The fraction of sp³-hybridized carbons (Fsp3) is 0.783. The molecule has 4 aliphatic rings. The van der Waals surface area contributed by atoms with Crippen molar-refractivity contribution in [3.05, 3.63) is 23.5 Å². The van der Waals surface area contributed by atoms with Gasteiger partial charge in [0, 0.05) is 53.4 Å². The van der Waals surface area contributed by atoms with E-state index in [9.17, 15) is 4.79 Å². The predicted molar refractivity (Wildman–Crippen MR) is 116 cm³/mol. The lowest BCUT2D eigenvalue weighted by Crippen LogP contribution is -2.54. The Labute approximate surface area is 185 Å². The van der Waals surface area contributed by atoms with Gasteiger partial charge in [-0.1, -0.05) is 11.6 Å². The Kier molecular flexibility index (Phi) is 7.33. The van der Waals surface area contributed by atoms with Crippen LogP contribution in [0.3, 0.4) is 0 Å². The average molecular weight is 436 g/mol. The highest BCUT2D eigenvalue weighted by molar-refractivity contribution is 5.78. The first kappa shape index (κ1) is 22.7. The number of hydrogen-bond donors (Lipinski definition) is 1. The Morgan fingerprint density at radius 1 is 1.16 bits per heavy atom. The monoisotopic (exact) mass is 435 g/mol. The molecule has 2 saturated heterocycles. The van der Waals surface area contributed by atoms with Crippen molar-refractivity contribution in [2.45, 2.75) is 56.5 Å². The Morgan fingerprint density at radius 2 is 1.94 bits per heavy atom. The van der Waals surface area contributed by atoms with Crippen LogP contribution in [0, 0.1) is 0 Å². The standard InChI is InChI=1S/C23H37N3O5/c1-23-13-17(4-7-21(23)30-16-31-23)14-25-8-10-26(11-9-25)15-22(27)24-19-12-18(28-2)5-6-20(19)29-3/h4,7,18-20H,5-6,8-16H2,1-3H3,(H,24,27). The van der Waals surface area contributed by atoms with E-state index < -0.39 is 0 Å². The molecule has 2 heterocycles. The van der Waals surface area contributed by atoms with Gasteiger partial charge in [0.05, 0.1) is 24.8 Å². The van der Waals surface area contributed by atoms with Crippen molar-refractivity contribution in [3.8, 4) is 0 Å². The summed E-state index contributed by atoms with van der Waals surface area (Å²) in [6, 6.07) is 0.0248. The minimum absolute atomic E-state index is 0.0248. The Morgan fingerprint density at radius 3 is 2.68 bits per heavy atom. The molecule has 0 aromatic rings. The summed E-state index contributed by atoms with van der Waals surface area (Å²) in [5.74, 6) is 1.02. The lowest BCUT2D eigenvalue weighted by Gasteiger charge is -2.37. The van der Waals surface area contributed by atoms with Gasteiger partial charge in [0.1, 0.15) is 11.4 Å². The van der Waals surface area contributed by atoms with Gasteiger partial charge in [-0.25, -0.2) is 0 Å². The average Bonchev–Trinajstić information content (AvgIpc) is 3.15. The lowest BCUT2D eigenvalue weighted by molar-refractivity contribution is -0.125. The largest absolute Gasteiger partial charge is 0.469 e. The molecule has 0 aromatic heterocycles. The van der Waals surface area contributed by atoms with Gasteiger partial charge in [-0.05, 0) is 32.3 Å². The summed E-state index contributed by atoms with van der Waals surface area (Å²) in [5, 5.41) is 3.19. The van der Waals surface area contributed by atoms with Gasteiger partial charge in [0.15, 0.2) is 6.79 Å². The van der Waals surface area contributed by atoms with E-state index in [1.807, 2.05) is 0 Å². The smallest absolute Gasteiger partial charge is 0.234 e. The first-order valence-corrected chi connectivity index (χ1v) is 11.5. The molecule has 1 saturated carbocycles. The molecule has 1 N–H and O–H groups in total. The zero-order valence-corrected chi connectivity index (χ0v) is 19.1. The maximum atomic E-state index is 12.7. The number of carbonyl (C=O) groups excluding carboxylic acids is 1. The molecule has 8 nitrogen and oxygen atoms in total. The summed E-state index contributed by atoms with van der Waals surface area (Å²) in [6.45, 7) is 7.56. The fourth-order valence-electron chi connectivity index (χ4n) is 5.20. The highest BCUT2D eigenvalue weighted by atomic mass is 16.7. The van der Waals surface area contributed by atoms with Crippen LogP contribution >= 0.6 is 0 Å². The molecule has 4 unspecified atom stereocenters. The molecule has 0 aromatic carbocycles. The quantitative estimate of drug-likeness (QED) is 0.646. The van der Waals surface area contributed by atoms with E-state index in [4.69, 9.17) is 18.9 Å². The molecule has 8 heteroatoms. The highest BCUT2D eigenvalue weighted by Gasteiger charge is 2.40. The van der Waals surface area contributed by atoms with Crippen molar-refractivity contribution in [2.75, 3.05) is 60.3 Å². The van der Waals surface area contributed by atoms with Crippen LogP contribution in [-0.2, 0) is 23.7 Å². The Hall–Kier alpha value is -1.45. The summed E-state index contributed by atoms with van der Waals surface area (Å²) in [5.41, 5.74) is 1.07. The second-order valence-corrected chi connectivity index (χ2v) is 9.34. The maximum absolute atomic E-state index is 12.7. The second-order valence-electron chi connectivity index (χ2n) is 9.34. The topological polar surface area (TPSA) is 72.5 Å². The second kappa shape index (κ2) is 10.0. The van der Waals surface area contributed by atoms with E-state index in [1.165, 1.54) is 5.57 Å². The van der Waals surface area contributed by atoms with E-state index in [2.05, 4.69) is 34.2 Å². The van der Waals surface area contributed by atoms with Crippen molar-refractivity contribution in [1.29, 1.82) is 0 Å². The SMILES string of the molecule is COC1CCC(OC)C(NC(=O)CN2CCN(CC3=CC=C4OCOC4(C)C3)CC2)C1. The molecule has 2 aliphatic carbocycles. The zero-order valence-electron chi connectivity index (χ0n) is 19.1. The minimum Gasteiger partial charge on any atom is -0.469 e. The van der Waals surface area contributed by atoms with Crippen molar-refractivity contribution >= 4 is 5.91 Å². The predicted octanol–water partition coefficient (Wildman–Crippen LogP) is 1.28.